The molecule has 0 N–H and O–H groups in total. The fourth-order valence-corrected chi connectivity index (χ4v) is 5.53. The molecule has 1 fully saturated rings. The molecule has 4 aromatic carbocycles. The van der Waals surface area contributed by atoms with Gasteiger partial charge in [-0.15, -0.1) is 0 Å². The largest absolute Gasteiger partial charge is 0.339 e. The van der Waals surface area contributed by atoms with Gasteiger partial charge in [0, 0.05) is 55.7 Å². The van der Waals surface area contributed by atoms with Crippen LogP contribution in [0.2, 0.25) is 0 Å². The highest BCUT2D eigenvalue weighted by atomic mass is 16.2. The number of piperidine rings is 1. The number of carbonyl (C=O) groups excluding carboxylic acids is 1. The van der Waals surface area contributed by atoms with E-state index in [1.165, 1.54) is 22.0 Å². The fraction of sp³-hybridized carbons (Fsp3) is 0.303. The Kier molecular flexibility index (Phi) is 7.86. The van der Waals surface area contributed by atoms with Crippen molar-refractivity contribution in [2.75, 3.05) is 31.1 Å². The van der Waals surface area contributed by atoms with E-state index in [4.69, 9.17) is 0 Å². The molecule has 0 radical (unpaired) electrons. The average molecular weight is 492 g/mol. The summed E-state index contributed by atoms with van der Waals surface area (Å²) in [6.07, 6.45) is 2.19. The first-order valence-corrected chi connectivity index (χ1v) is 13.6. The molecule has 4 nitrogen and oxygen atoms in total. The van der Waals surface area contributed by atoms with Crippen LogP contribution in [0.5, 0.6) is 0 Å². The van der Waals surface area contributed by atoms with E-state index in [1.54, 1.807) is 0 Å². The predicted octanol–water partition coefficient (Wildman–Crippen LogP) is 7.12. The molecule has 0 saturated carbocycles. The molecule has 0 aromatic heterocycles. The summed E-state index contributed by atoms with van der Waals surface area (Å²) in [5.74, 6) is 0.100. The van der Waals surface area contributed by atoms with Gasteiger partial charge in [-0.3, -0.25) is 9.69 Å². The Labute approximate surface area is 221 Å². The molecular formula is C33H37N3O. The monoisotopic (exact) mass is 491 g/mol. The number of amides is 1. The van der Waals surface area contributed by atoms with Crippen LogP contribution in [0.3, 0.4) is 0 Å². The lowest BCUT2D eigenvalue weighted by Gasteiger charge is -2.40. The molecule has 0 atom stereocenters. The van der Waals surface area contributed by atoms with Gasteiger partial charge in [-0.1, -0.05) is 60.7 Å². The molecule has 1 amide bonds. The van der Waals surface area contributed by atoms with Crippen molar-refractivity contribution in [1.82, 2.24) is 9.80 Å². The molecule has 1 heterocycles. The summed E-state index contributed by atoms with van der Waals surface area (Å²) in [5.41, 5.74) is 4.49. The van der Waals surface area contributed by atoms with Crippen LogP contribution in [0, 0.1) is 0 Å². The number of carbonyl (C=O) groups is 1. The van der Waals surface area contributed by atoms with Crippen molar-refractivity contribution >= 4 is 28.1 Å². The number of anilines is 2. The third kappa shape index (κ3) is 5.70. The van der Waals surface area contributed by atoms with E-state index in [0.29, 0.717) is 6.04 Å². The molecule has 0 bridgehead atoms. The Hall–Kier alpha value is -3.63. The van der Waals surface area contributed by atoms with Crippen LogP contribution in [0.25, 0.3) is 10.8 Å². The van der Waals surface area contributed by atoms with Crippen LogP contribution < -0.4 is 4.90 Å². The molecular weight excluding hydrogens is 454 g/mol. The van der Waals surface area contributed by atoms with Crippen LogP contribution >= 0.6 is 0 Å². The van der Waals surface area contributed by atoms with Gasteiger partial charge in [-0.2, -0.15) is 0 Å². The van der Waals surface area contributed by atoms with E-state index < -0.39 is 0 Å². The number of hydrogen-bond acceptors (Lipinski definition) is 3. The number of benzene rings is 4. The maximum Gasteiger partial charge on any atom is 0.253 e. The van der Waals surface area contributed by atoms with Gasteiger partial charge in [-0.05, 0) is 79.4 Å². The Morgan fingerprint density at radius 2 is 1.38 bits per heavy atom. The predicted molar refractivity (Wildman–Crippen MR) is 155 cm³/mol. The molecule has 4 heteroatoms. The molecule has 5 rings (SSSR count). The Balaban J connectivity index is 1.41. The van der Waals surface area contributed by atoms with Gasteiger partial charge in [0.15, 0.2) is 0 Å². The smallest absolute Gasteiger partial charge is 0.253 e. The quantitative estimate of drug-likeness (QED) is 0.262. The summed E-state index contributed by atoms with van der Waals surface area (Å²) in [7, 11) is 0. The molecule has 1 saturated heterocycles. The minimum Gasteiger partial charge on any atom is -0.339 e. The number of nitrogens with zero attached hydrogens (tertiary/aromatic N) is 3. The van der Waals surface area contributed by atoms with Gasteiger partial charge in [0.05, 0.1) is 0 Å². The molecule has 0 unspecified atom stereocenters. The Morgan fingerprint density at radius 3 is 2.05 bits per heavy atom. The van der Waals surface area contributed by atoms with Crippen molar-refractivity contribution in [2.45, 2.75) is 39.3 Å². The summed E-state index contributed by atoms with van der Waals surface area (Å²) in [5, 5.41) is 2.50. The zero-order chi connectivity index (χ0) is 25.6. The molecule has 37 heavy (non-hydrogen) atoms. The van der Waals surface area contributed by atoms with Gasteiger partial charge in [0.25, 0.3) is 5.91 Å². The molecule has 0 aliphatic carbocycles. The normalized spacial score (nSPS) is 14.5. The SMILES string of the molecule is CCN(CC)C(=O)c1ccc(N(c2ccc3ccccc3c2)C2CCN(Cc3ccccc3)CC2)cc1. The highest BCUT2D eigenvalue weighted by molar-refractivity contribution is 5.95. The van der Waals surface area contributed by atoms with E-state index in [-0.39, 0.29) is 5.91 Å². The van der Waals surface area contributed by atoms with Crippen molar-refractivity contribution in [1.29, 1.82) is 0 Å². The van der Waals surface area contributed by atoms with Crippen LogP contribution in [0.15, 0.2) is 97.1 Å². The molecule has 1 aliphatic heterocycles. The first-order chi connectivity index (χ1) is 18.2. The van der Waals surface area contributed by atoms with E-state index in [9.17, 15) is 4.79 Å². The van der Waals surface area contributed by atoms with E-state index in [2.05, 4.69) is 94.7 Å². The summed E-state index contributed by atoms with van der Waals surface area (Å²) < 4.78 is 0. The topological polar surface area (TPSA) is 26.8 Å². The van der Waals surface area contributed by atoms with Crippen LogP contribution in [0.1, 0.15) is 42.6 Å². The highest BCUT2D eigenvalue weighted by Gasteiger charge is 2.27. The minimum absolute atomic E-state index is 0.100. The second kappa shape index (κ2) is 11.6. The number of rotatable bonds is 8. The minimum atomic E-state index is 0.100. The van der Waals surface area contributed by atoms with Gasteiger partial charge in [0.2, 0.25) is 0 Å². The summed E-state index contributed by atoms with van der Waals surface area (Å²) >= 11 is 0. The van der Waals surface area contributed by atoms with Gasteiger partial charge in [-0.25, -0.2) is 0 Å². The van der Waals surface area contributed by atoms with E-state index in [0.717, 1.165) is 56.8 Å². The van der Waals surface area contributed by atoms with Gasteiger partial charge >= 0.3 is 0 Å². The summed E-state index contributed by atoms with van der Waals surface area (Å²) in [4.78, 5) is 19.8. The Morgan fingerprint density at radius 1 is 0.757 bits per heavy atom. The first-order valence-electron chi connectivity index (χ1n) is 13.6. The van der Waals surface area contributed by atoms with Crippen molar-refractivity contribution in [3.05, 3.63) is 108 Å². The number of likely N-dealkylation sites (tertiary alicyclic amines) is 1. The Bertz CT molecular complexity index is 1310. The van der Waals surface area contributed by atoms with Crippen molar-refractivity contribution < 1.29 is 4.79 Å². The number of hydrogen-bond donors (Lipinski definition) is 0. The van der Waals surface area contributed by atoms with Crippen molar-refractivity contribution in [3.63, 3.8) is 0 Å². The van der Waals surface area contributed by atoms with Crippen LogP contribution in [-0.2, 0) is 6.54 Å². The second-order valence-electron chi connectivity index (χ2n) is 9.92. The van der Waals surface area contributed by atoms with Crippen molar-refractivity contribution in [2.24, 2.45) is 0 Å². The zero-order valence-electron chi connectivity index (χ0n) is 22.0. The lowest BCUT2D eigenvalue weighted by atomic mass is 9.99. The second-order valence-corrected chi connectivity index (χ2v) is 9.92. The van der Waals surface area contributed by atoms with E-state index in [1.807, 2.05) is 30.9 Å². The number of fused-ring (bicyclic) bond motifs is 1. The highest BCUT2D eigenvalue weighted by Crippen LogP contribution is 2.34. The lowest BCUT2D eigenvalue weighted by molar-refractivity contribution is 0.0773. The maximum atomic E-state index is 12.9. The van der Waals surface area contributed by atoms with E-state index >= 15 is 0 Å². The van der Waals surface area contributed by atoms with Gasteiger partial charge < -0.3 is 9.80 Å². The third-order valence-electron chi connectivity index (χ3n) is 7.63. The fourth-order valence-electron chi connectivity index (χ4n) is 5.53. The van der Waals surface area contributed by atoms with Gasteiger partial charge in [0.1, 0.15) is 0 Å². The molecule has 0 spiro atoms. The first kappa shape index (κ1) is 25.0. The molecule has 4 aromatic rings. The third-order valence-corrected chi connectivity index (χ3v) is 7.63. The summed E-state index contributed by atoms with van der Waals surface area (Å²) in [6.45, 7) is 8.66. The maximum absolute atomic E-state index is 12.9. The van der Waals surface area contributed by atoms with Crippen LogP contribution in [-0.4, -0.2) is 47.9 Å². The molecule has 1 aliphatic rings. The molecule has 190 valence electrons. The standard InChI is InChI=1S/C33H37N3O/c1-3-35(4-2)33(37)28-15-17-30(18-16-28)36(32-19-14-27-12-8-9-13-29(27)24-32)31-20-22-34(23-21-31)25-26-10-6-5-7-11-26/h5-19,24,31H,3-4,20-23,25H2,1-2H3. The zero-order valence-corrected chi connectivity index (χ0v) is 22.0. The summed E-state index contributed by atoms with van der Waals surface area (Å²) in [6, 6.07) is 34.7. The van der Waals surface area contributed by atoms with Crippen LogP contribution in [0.4, 0.5) is 11.4 Å². The van der Waals surface area contributed by atoms with Crippen molar-refractivity contribution in [3.8, 4) is 0 Å². The average Bonchev–Trinajstić information content (AvgIpc) is 2.95. The lowest BCUT2D eigenvalue weighted by Crippen LogP contribution is -2.42.